The van der Waals surface area contributed by atoms with Crippen LogP contribution in [0, 0.1) is 13.8 Å². The maximum Gasteiger partial charge on any atom is 0.283 e. The summed E-state index contributed by atoms with van der Waals surface area (Å²) in [5, 5.41) is 5.53. The van der Waals surface area contributed by atoms with Crippen LogP contribution in [0.4, 0.5) is 17.1 Å². The van der Waals surface area contributed by atoms with Crippen molar-refractivity contribution < 1.29 is 19.1 Å². The monoisotopic (exact) mass is 475 g/mol. The number of anilines is 3. The molecule has 4 rings (SSSR count). The number of hydrogen-bond acceptors (Lipinski definition) is 5. The van der Waals surface area contributed by atoms with Gasteiger partial charge >= 0.3 is 0 Å². The lowest BCUT2D eigenvalue weighted by Gasteiger charge is -2.16. The van der Waals surface area contributed by atoms with Gasteiger partial charge in [0.15, 0.2) is 0 Å². The molecule has 0 bridgehead atoms. The normalized spacial score (nSPS) is 13.4. The first-order chi connectivity index (χ1) is 16.3. The lowest BCUT2D eigenvalue weighted by molar-refractivity contribution is -0.120. The quantitative estimate of drug-likeness (QED) is 0.490. The molecule has 1 aliphatic rings. The van der Waals surface area contributed by atoms with Crippen molar-refractivity contribution >= 4 is 46.4 Å². The van der Waals surface area contributed by atoms with Gasteiger partial charge in [0.1, 0.15) is 16.5 Å². The highest BCUT2D eigenvalue weighted by Gasteiger charge is 2.39. The number of nitrogens with one attached hydrogen (secondary N) is 2. The van der Waals surface area contributed by atoms with E-state index in [9.17, 15) is 14.4 Å². The van der Waals surface area contributed by atoms with E-state index < -0.39 is 11.8 Å². The van der Waals surface area contributed by atoms with Crippen molar-refractivity contribution in [3.8, 4) is 5.75 Å². The van der Waals surface area contributed by atoms with Crippen molar-refractivity contribution in [2.75, 3.05) is 22.6 Å². The molecule has 3 amide bonds. The molecule has 7 nitrogen and oxygen atoms in total. The zero-order valence-electron chi connectivity index (χ0n) is 18.8. The van der Waals surface area contributed by atoms with E-state index >= 15 is 0 Å². The van der Waals surface area contributed by atoms with Gasteiger partial charge in [0.25, 0.3) is 17.7 Å². The number of nitrogens with zero attached hydrogens (tertiary/aromatic N) is 1. The number of benzene rings is 3. The second kappa shape index (κ2) is 9.41. The molecule has 172 valence electrons. The molecule has 8 heteroatoms. The van der Waals surface area contributed by atoms with Gasteiger partial charge in [-0.05, 0) is 73.5 Å². The number of carbonyl (C=O) groups is 3. The van der Waals surface area contributed by atoms with Gasteiger partial charge < -0.3 is 15.4 Å². The topological polar surface area (TPSA) is 87.7 Å². The van der Waals surface area contributed by atoms with E-state index in [1.807, 2.05) is 19.9 Å². The first kappa shape index (κ1) is 23.1. The number of carbonyl (C=O) groups excluding carboxylic acids is 3. The molecule has 0 aromatic heterocycles. The van der Waals surface area contributed by atoms with Crippen LogP contribution in [0.25, 0.3) is 0 Å². The van der Waals surface area contributed by atoms with Gasteiger partial charge in [0.05, 0.1) is 12.8 Å². The molecular formula is C26H22ClN3O4. The van der Waals surface area contributed by atoms with Crippen molar-refractivity contribution in [3.63, 3.8) is 0 Å². The van der Waals surface area contributed by atoms with Crippen LogP contribution in [0.15, 0.2) is 77.5 Å². The number of halogens is 1. The highest BCUT2D eigenvalue weighted by atomic mass is 35.5. The molecular weight excluding hydrogens is 454 g/mol. The summed E-state index contributed by atoms with van der Waals surface area (Å²) in [6.07, 6.45) is 0. The minimum atomic E-state index is -0.589. The molecule has 0 saturated carbocycles. The molecule has 3 aromatic carbocycles. The second-order valence-electron chi connectivity index (χ2n) is 7.87. The van der Waals surface area contributed by atoms with Crippen molar-refractivity contribution in [3.05, 3.63) is 94.1 Å². The van der Waals surface area contributed by atoms with Gasteiger partial charge in [-0.15, -0.1) is 0 Å². The Morgan fingerprint density at radius 3 is 2.21 bits per heavy atom. The summed E-state index contributed by atoms with van der Waals surface area (Å²) in [6, 6.07) is 19.0. The minimum Gasteiger partial charge on any atom is -0.497 e. The number of ether oxygens (including phenoxy) is 1. The minimum absolute atomic E-state index is 0.0144. The van der Waals surface area contributed by atoms with Crippen LogP contribution in [0.2, 0.25) is 0 Å². The first-order valence-corrected chi connectivity index (χ1v) is 10.8. The second-order valence-corrected chi connectivity index (χ2v) is 8.25. The summed E-state index contributed by atoms with van der Waals surface area (Å²) in [7, 11) is 1.55. The van der Waals surface area contributed by atoms with E-state index in [4.69, 9.17) is 16.3 Å². The van der Waals surface area contributed by atoms with Crippen molar-refractivity contribution in [1.82, 2.24) is 0 Å². The third-order valence-electron chi connectivity index (χ3n) is 5.24. The standard InChI is InChI=1S/C26H22ClN3O4/c1-15-11-16(2)13-20(12-15)30-25(32)22(27)23(26(30)33)28-18-9-7-17(8-10-18)24(31)29-19-5-4-6-21(14-19)34-3/h4-14,28H,1-3H3,(H,29,31). The Hall–Kier alpha value is -4.10. The largest absolute Gasteiger partial charge is 0.497 e. The van der Waals surface area contributed by atoms with Crippen LogP contribution in [-0.2, 0) is 9.59 Å². The number of aryl methyl sites for hydroxylation is 2. The zero-order valence-corrected chi connectivity index (χ0v) is 19.6. The molecule has 1 heterocycles. The predicted molar refractivity (Wildman–Crippen MR) is 132 cm³/mol. The molecule has 0 radical (unpaired) electrons. The lowest BCUT2D eigenvalue weighted by atomic mass is 10.1. The van der Waals surface area contributed by atoms with Crippen LogP contribution in [0.3, 0.4) is 0 Å². The van der Waals surface area contributed by atoms with E-state index in [0.717, 1.165) is 16.0 Å². The molecule has 34 heavy (non-hydrogen) atoms. The average Bonchev–Trinajstić information content (AvgIpc) is 3.02. The highest BCUT2D eigenvalue weighted by Crippen LogP contribution is 2.31. The third kappa shape index (κ3) is 4.65. The summed E-state index contributed by atoms with van der Waals surface area (Å²) in [5.41, 5.74) is 3.83. The van der Waals surface area contributed by atoms with Gasteiger partial charge in [-0.3, -0.25) is 14.4 Å². The molecule has 0 spiro atoms. The van der Waals surface area contributed by atoms with E-state index in [-0.39, 0.29) is 16.6 Å². The van der Waals surface area contributed by atoms with Crippen LogP contribution in [0.5, 0.6) is 5.75 Å². The lowest BCUT2D eigenvalue weighted by Crippen LogP contribution is -2.32. The van der Waals surface area contributed by atoms with Gasteiger partial charge in [-0.2, -0.15) is 0 Å². The molecule has 0 unspecified atom stereocenters. The maximum absolute atomic E-state index is 13.0. The van der Waals surface area contributed by atoms with Crippen LogP contribution in [-0.4, -0.2) is 24.8 Å². The van der Waals surface area contributed by atoms with Crippen LogP contribution >= 0.6 is 11.6 Å². The van der Waals surface area contributed by atoms with E-state index in [0.29, 0.717) is 28.4 Å². The Kier molecular flexibility index (Phi) is 6.38. The summed E-state index contributed by atoms with van der Waals surface area (Å²) >= 11 is 6.23. The van der Waals surface area contributed by atoms with Gasteiger partial charge in [-0.25, -0.2) is 4.90 Å². The van der Waals surface area contributed by atoms with Gasteiger partial charge in [-0.1, -0.05) is 23.7 Å². The third-order valence-corrected chi connectivity index (χ3v) is 5.59. The van der Waals surface area contributed by atoms with Crippen LogP contribution in [0.1, 0.15) is 21.5 Å². The zero-order chi connectivity index (χ0) is 24.4. The number of amides is 3. The SMILES string of the molecule is COc1cccc(NC(=O)c2ccc(NC3=C(Cl)C(=O)N(c4cc(C)cc(C)c4)C3=O)cc2)c1. The maximum atomic E-state index is 13.0. The van der Waals surface area contributed by atoms with Crippen molar-refractivity contribution in [2.45, 2.75) is 13.8 Å². The summed E-state index contributed by atoms with van der Waals surface area (Å²) < 4.78 is 5.16. The fraction of sp³-hybridized carbons (Fsp3) is 0.115. The predicted octanol–water partition coefficient (Wildman–Crippen LogP) is 5.00. The fourth-order valence-electron chi connectivity index (χ4n) is 3.68. The smallest absolute Gasteiger partial charge is 0.283 e. The Labute approximate surface area is 202 Å². The fourth-order valence-corrected chi connectivity index (χ4v) is 3.89. The molecule has 0 atom stereocenters. The molecule has 1 aliphatic heterocycles. The highest BCUT2D eigenvalue weighted by molar-refractivity contribution is 6.53. The molecule has 0 aliphatic carbocycles. The van der Waals surface area contributed by atoms with Gasteiger partial charge in [0, 0.05) is 23.0 Å². The number of hydrogen-bond donors (Lipinski definition) is 2. The number of rotatable bonds is 6. The molecule has 2 N–H and O–H groups in total. The molecule has 0 fully saturated rings. The number of imide groups is 1. The number of methoxy groups -OCH3 is 1. The van der Waals surface area contributed by atoms with Crippen molar-refractivity contribution in [2.24, 2.45) is 0 Å². The summed E-state index contributed by atoms with van der Waals surface area (Å²) in [5.74, 6) is -0.799. The van der Waals surface area contributed by atoms with E-state index in [1.54, 1.807) is 67.8 Å². The van der Waals surface area contributed by atoms with E-state index in [2.05, 4.69) is 10.6 Å². The van der Waals surface area contributed by atoms with Gasteiger partial charge in [0.2, 0.25) is 0 Å². The van der Waals surface area contributed by atoms with E-state index in [1.165, 1.54) is 0 Å². The Morgan fingerprint density at radius 2 is 1.56 bits per heavy atom. The first-order valence-electron chi connectivity index (χ1n) is 10.5. The van der Waals surface area contributed by atoms with Crippen molar-refractivity contribution in [1.29, 1.82) is 0 Å². The molecule has 3 aromatic rings. The Balaban J connectivity index is 1.49. The Bertz CT molecular complexity index is 1310. The Morgan fingerprint density at radius 1 is 0.882 bits per heavy atom. The molecule has 0 saturated heterocycles. The van der Waals surface area contributed by atoms with Crippen LogP contribution < -0.4 is 20.3 Å². The summed E-state index contributed by atoms with van der Waals surface area (Å²) in [4.78, 5) is 39.3. The summed E-state index contributed by atoms with van der Waals surface area (Å²) in [6.45, 7) is 3.78. The average molecular weight is 476 g/mol.